The van der Waals surface area contributed by atoms with Crippen LogP contribution in [0, 0.1) is 6.92 Å². The van der Waals surface area contributed by atoms with E-state index in [2.05, 4.69) is 25.8 Å². The average molecular weight is 314 g/mol. The number of nitrogens with zero attached hydrogens (tertiary/aromatic N) is 5. The molecule has 0 aliphatic carbocycles. The Morgan fingerprint density at radius 3 is 2.64 bits per heavy atom. The number of aryl methyl sites for hydroxylation is 2. The molecule has 0 bridgehead atoms. The molecule has 2 aromatic heterocycles. The molecule has 22 heavy (non-hydrogen) atoms. The Morgan fingerprint density at radius 1 is 1.27 bits per heavy atom. The van der Waals surface area contributed by atoms with Gasteiger partial charge < -0.3 is 0 Å². The molecule has 0 aliphatic heterocycles. The Kier molecular flexibility index (Phi) is 3.92. The van der Waals surface area contributed by atoms with E-state index in [1.165, 1.54) is 11.3 Å². The zero-order valence-electron chi connectivity index (χ0n) is 12.1. The van der Waals surface area contributed by atoms with Gasteiger partial charge in [-0.05, 0) is 37.6 Å². The molecule has 1 amide bonds. The number of carbonyl (C=O) groups excluding carboxylic acids is 1. The van der Waals surface area contributed by atoms with Crippen LogP contribution in [0.4, 0.5) is 5.13 Å². The summed E-state index contributed by atoms with van der Waals surface area (Å²) < 4.78 is 1.71. The van der Waals surface area contributed by atoms with E-state index in [4.69, 9.17) is 0 Å². The van der Waals surface area contributed by atoms with Crippen molar-refractivity contribution in [3.8, 4) is 5.69 Å². The van der Waals surface area contributed by atoms with Crippen LogP contribution < -0.4 is 5.32 Å². The summed E-state index contributed by atoms with van der Waals surface area (Å²) in [7, 11) is 0. The van der Waals surface area contributed by atoms with E-state index in [-0.39, 0.29) is 5.91 Å². The number of carbonyl (C=O) groups is 1. The predicted octanol–water partition coefficient (Wildman–Crippen LogP) is 2.24. The lowest BCUT2D eigenvalue weighted by atomic mass is 10.2. The van der Waals surface area contributed by atoms with Gasteiger partial charge in [0.05, 0.1) is 17.6 Å². The van der Waals surface area contributed by atoms with Gasteiger partial charge in [-0.15, -0.1) is 15.3 Å². The van der Waals surface area contributed by atoms with Crippen LogP contribution in [0.3, 0.4) is 0 Å². The number of benzene rings is 1. The highest BCUT2D eigenvalue weighted by molar-refractivity contribution is 7.15. The second-order valence-electron chi connectivity index (χ2n) is 4.64. The molecule has 0 unspecified atom stereocenters. The van der Waals surface area contributed by atoms with Crippen molar-refractivity contribution in [2.45, 2.75) is 20.3 Å². The number of anilines is 1. The fourth-order valence-corrected chi connectivity index (χ4v) is 2.59. The maximum Gasteiger partial charge on any atom is 0.257 e. The minimum absolute atomic E-state index is 0.208. The van der Waals surface area contributed by atoms with Crippen molar-refractivity contribution in [2.24, 2.45) is 0 Å². The molecule has 0 spiro atoms. The van der Waals surface area contributed by atoms with Crippen LogP contribution in [0.5, 0.6) is 0 Å². The van der Waals surface area contributed by atoms with E-state index < -0.39 is 0 Å². The third-order valence-corrected chi connectivity index (χ3v) is 4.07. The van der Waals surface area contributed by atoms with E-state index in [1.807, 2.05) is 26.0 Å². The minimum atomic E-state index is -0.208. The molecule has 7 nitrogen and oxygen atoms in total. The number of nitrogens with one attached hydrogen (secondary N) is 1. The summed E-state index contributed by atoms with van der Waals surface area (Å²) >= 11 is 1.38. The summed E-state index contributed by atoms with van der Waals surface area (Å²) in [5, 5.41) is 19.9. The van der Waals surface area contributed by atoms with Gasteiger partial charge in [-0.25, -0.2) is 4.68 Å². The zero-order chi connectivity index (χ0) is 15.5. The predicted molar refractivity (Wildman–Crippen MR) is 83.3 cm³/mol. The maximum atomic E-state index is 12.2. The summed E-state index contributed by atoms with van der Waals surface area (Å²) in [6, 6.07) is 7.14. The van der Waals surface area contributed by atoms with E-state index in [1.54, 1.807) is 23.0 Å². The fourth-order valence-electron chi connectivity index (χ4n) is 1.91. The van der Waals surface area contributed by atoms with Crippen LogP contribution in [0.25, 0.3) is 5.69 Å². The Morgan fingerprint density at radius 2 is 2.05 bits per heavy atom. The van der Waals surface area contributed by atoms with Crippen molar-refractivity contribution in [1.29, 1.82) is 0 Å². The van der Waals surface area contributed by atoms with Crippen molar-refractivity contribution in [1.82, 2.24) is 25.2 Å². The maximum absolute atomic E-state index is 12.2. The molecular weight excluding hydrogens is 300 g/mol. The Hall–Kier alpha value is -2.61. The molecule has 0 saturated carbocycles. The van der Waals surface area contributed by atoms with E-state index in [9.17, 15) is 4.79 Å². The van der Waals surface area contributed by atoms with Gasteiger partial charge in [-0.3, -0.25) is 10.1 Å². The number of rotatable bonds is 4. The first-order chi connectivity index (χ1) is 10.7. The molecule has 112 valence electrons. The van der Waals surface area contributed by atoms with Crippen molar-refractivity contribution in [3.05, 3.63) is 46.7 Å². The SMILES string of the molecule is CCc1nnc(NC(=O)c2ccc(-n3nncc3C)cc2)s1. The number of hydrogen-bond acceptors (Lipinski definition) is 6. The monoisotopic (exact) mass is 314 g/mol. The first-order valence-corrected chi connectivity index (χ1v) is 7.60. The van der Waals surface area contributed by atoms with Gasteiger partial charge in [0, 0.05) is 5.56 Å². The summed E-state index contributed by atoms with van der Waals surface area (Å²) in [6.45, 7) is 3.92. The molecule has 3 rings (SSSR count). The quantitative estimate of drug-likeness (QED) is 0.798. The van der Waals surface area contributed by atoms with Gasteiger partial charge in [0.1, 0.15) is 5.01 Å². The van der Waals surface area contributed by atoms with Crippen molar-refractivity contribution in [3.63, 3.8) is 0 Å². The first-order valence-electron chi connectivity index (χ1n) is 6.79. The molecule has 0 atom stereocenters. The van der Waals surface area contributed by atoms with Crippen LogP contribution >= 0.6 is 11.3 Å². The minimum Gasteiger partial charge on any atom is -0.296 e. The van der Waals surface area contributed by atoms with E-state index >= 15 is 0 Å². The third kappa shape index (κ3) is 2.86. The normalized spacial score (nSPS) is 10.6. The second-order valence-corrected chi connectivity index (χ2v) is 5.70. The Labute approximate surface area is 131 Å². The standard InChI is InChI=1S/C14H14N6OS/c1-3-12-17-18-14(22-12)16-13(21)10-4-6-11(7-5-10)20-9(2)8-15-19-20/h4-8H,3H2,1-2H3,(H,16,18,21). The first kappa shape index (κ1) is 14.3. The highest BCUT2D eigenvalue weighted by Crippen LogP contribution is 2.17. The summed E-state index contributed by atoms with van der Waals surface area (Å²) in [4.78, 5) is 12.2. The van der Waals surface area contributed by atoms with Crippen LogP contribution in [0.1, 0.15) is 28.0 Å². The van der Waals surface area contributed by atoms with Crippen LogP contribution in [0.15, 0.2) is 30.5 Å². The molecule has 0 fully saturated rings. The largest absolute Gasteiger partial charge is 0.296 e. The molecule has 2 heterocycles. The summed E-state index contributed by atoms with van der Waals surface area (Å²) in [6.07, 6.45) is 2.49. The highest BCUT2D eigenvalue weighted by atomic mass is 32.1. The molecular formula is C14H14N6OS. The zero-order valence-corrected chi connectivity index (χ0v) is 13.0. The van der Waals surface area contributed by atoms with Crippen LogP contribution in [0.2, 0.25) is 0 Å². The summed E-state index contributed by atoms with van der Waals surface area (Å²) in [5.41, 5.74) is 2.34. The van der Waals surface area contributed by atoms with Crippen molar-refractivity contribution >= 4 is 22.4 Å². The highest BCUT2D eigenvalue weighted by Gasteiger charge is 2.10. The van der Waals surface area contributed by atoms with Gasteiger partial charge >= 0.3 is 0 Å². The summed E-state index contributed by atoms with van der Waals surface area (Å²) in [5.74, 6) is -0.208. The van der Waals surface area contributed by atoms with Gasteiger partial charge in [-0.2, -0.15) is 0 Å². The molecule has 0 saturated heterocycles. The van der Waals surface area contributed by atoms with Gasteiger partial charge in [0.2, 0.25) is 5.13 Å². The lowest BCUT2D eigenvalue weighted by molar-refractivity contribution is 0.102. The van der Waals surface area contributed by atoms with Gasteiger partial charge in [0.25, 0.3) is 5.91 Å². The molecule has 3 aromatic rings. The second kappa shape index (κ2) is 6.02. The Balaban J connectivity index is 1.75. The average Bonchev–Trinajstić information content (AvgIpc) is 3.16. The lowest BCUT2D eigenvalue weighted by Gasteiger charge is -2.05. The Bertz CT molecular complexity index is 792. The molecule has 0 aliphatic rings. The van der Waals surface area contributed by atoms with Gasteiger partial charge in [-0.1, -0.05) is 23.5 Å². The van der Waals surface area contributed by atoms with Gasteiger partial charge in [0.15, 0.2) is 0 Å². The topological polar surface area (TPSA) is 85.6 Å². The van der Waals surface area contributed by atoms with E-state index in [0.29, 0.717) is 10.7 Å². The fraction of sp³-hybridized carbons (Fsp3) is 0.214. The lowest BCUT2D eigenvalue weighted by Crippen LogP contribution is -2.12. The third-order valence-electron chi connectivity index (χ3n) is 3.08. The number of amides is 1. The molecule has 8 heteroatoms. The number of aromatic nitrogens is 5. The van der Waals surface area contributed by atoms with Crippen molar-refractivity contribution in [2.75, 3.05) is 5.32 Å². The number of hydrogen-bond donors (Lipinski definition) is 1. The molecule has 0 radical (unpaired) electrons. The van der Waals surface area contributed by atoms with Crippen LogP contribution in [-0.2, 0) is 6.42 Å². The van der Waals surface area contributed by atoms with E-state index in [0.717, 1.165) is 22.8 Å². The van der Waals surface area contributed by atoms with Crippen LogP contribution in [-0.4, -0.2) is 31.1 Å². The molecule has 1 aromatic carbocycles. The smallest absolute Gasteiger partial charge is 0.257 e. The van der Waals surface area contributed by atoms with Crippen molar-refractivity contribution < 1.29 is 4.79 Å². The molecule has 1 N–H and O–H groups in total.